The summed E-state index contributed by atoms with van der Waals surface area (Å²) >= 11 is 0. The highest BCUT2D eigenvalue weighted by molar-refractivity contribution is 7.00. The van der Waals surface area contributed by atoms with Crippen molar-refractivity contribution in [2.75, 3.05) is 14.7 Å². The Labute approximate surface area is 487 Å². The van der Waals surface area contributed by atoms with Gasteiger partial charge in [0.15, 0.2) is 0 Å². The molecule has 14 rings (SSSR count). The zero-order valence-electron chi connectivity index (χ0n) is 51.0. The van der Waals surface area contributed by atoms with Crippen LogP contribution in [0.3, 0.4) is 0 Å². The molecule has 0 saturated heterocycles. The zero-order chi connectivity index (χ0) is 57.4. The molecule has 0 fully saturated rings. The molecule has 0 radical (unpaired) electrons. The van der Waals surface area contributed by atoms with Crippen LogP contribution in [0.4, 0.5) is 45.5 Å². The maximum atomic E-state index is 7.81. The largest absolute Gasteiger partial charge is 0.468 e. The van der Waals surface area contributed by atoms with Crippen molar-refractivity contribution in [2.24, 2.45) is 0 Å². The number of fused-ring (bicyclic) bond motifs is 12. The predicted octanol–water partition coefficient (Wildman–Crippen LogP) is 19.6. The first-order chi connectivity index (χ1) is 38.9. The smallest absolute Gasteiger partial charge is 0.297 e. The first-order valence-electron chi connectivity index (χ1n) is 30.4. The molecule has 4 heterocycles. The number of para-hydroxylation sites is 1. The minimum absolute atomic E-state index is 0.000501. The molecular formula is C76H80BN3O2. The van der Waals surface area contributed by atoms with E-state index in [1.165, 1.54) is 61.2 Å². The third-order valence-corrected chi connectivity index (χ3v) is 20.7. The monoisotopic (exact) mass is 1080 g/mol. The van der Waals surface area contributed by atoms with Gasteiger partial charge >= 0.3 is 0 Å². The van der Waals surface area contributed by atoms with Crippen molar-refractivity contribution >= 4 is 102 Å². The van der Waals surface area contributed by atoms with E-state index >= 15 is 0 Å². The fraction of sp³-hybridized carbons (Fsp3) is 0.342. The standard InChI is InChI=1S/C76H80BN3O2/c1-16-20-47(21-17-2)78(50-28-30-53-52-22-18-19-23-65(52)81-66(53)41-50)51-39-63-68-64(40-51)80(48-26-24-46(3)25-27-48)69-54-42-57-60(76(14,15)37-34-73(57,8)9)45-67(54)82-70(69)77(68)61-43-58-59(75(12,13)36-35-74(58,10)11)44-62(61)79(63)49-29-31-55-56(38-49)72(6,7)33-32-71(55,4)5/h16-31,38-45H,1,32-37H2,2-15H3/b21-17-,47-20+. The minimum atomic E-state index is -0.231. The second-order valence-electron chi connectivity index (χ2n) is 29.0. The van der Waals surface area contributed by atoms with E-state index < -0.39 is 0 Å². The van der Waals surface area contributed by atoms with Gasteiger partial charge in [-0.1, -0.05) is 150 Å². The van der Waals surface area contributed by atoms with E-state index in [9.17, 15) is 0 Å². The highest BCUT2D eigenvalue weighted by atomic mass is 16.3. The molecule has 5 nitrogen and oxygen atoms in total. The van der Waals surface area contributed by atoms with Crippen LogP contribution in [0.5, 0.6) is 0 Å². The molecule has 2 aromatic heterocycles. The van der Waals surface area contributed by atoms with Gasteiger partial charge in [-0.15, -0.1) is 0 Å². The summed E-state index contributed by atoms with van der Waals surface area (Å²) in [6.07, 6.45) is 15.2. The van der Waals surface area contributed by atoms with E-state index in [2.05, 4.69) is 258 Å². The Bertz CT molecular complexity index is 4240. The van der Waals surface area contributed by atoms with Crippen LogP contribution in [0.15, 0.2) is 167 Å². The number of benzene rings is 7. The topological polar surface area (TPSA) is 36.0 Å². The van der Waals surface area contributed by atoms with Crippen LogP contribution in [-0.4, -0.2) is 6.71 Å². The summed E-state index contributed by atoms with van der Waals surface area (Å²) in [7, 11) is 0. The van der Waals surface area contributed by atoms with Crippen molar-refractivity contribution in [3.63, 3.8) is 0 Å². The maximum Gasteiger partial charge on any atom is 0.297 e. The molecule has 3 aliphatic carbocycles. The van der Waals surface area contributed by atoms with E-state index in [1.807, 2.05) is 6.08 Å². The number of anilines is 8. The zero-order valence-corrected chi connectivity index (χ0v) is 51.0. The van der Waals surface area contributed by atoms with Crippen molar-refractivity contribution in [3.8, 4) is 0 Å². The van der Waals surface area contributed by atoms with Crippen molar-refractivity contribution < 1.29 is 8.83 Å². The van der Waals surface area contributed by atoms with Crippen LogP contribution in [0.25, 0.3) is 32.9 Å². The van der Waals surface area contributed by atoms with Crippen molar-refractivity contribution in [1.82, 2.24) is 0 Å². The summed E-state index contributed by atoms with van der Waals surface area (Å²) in [6, 6.07) is 47.0. The second-order valence-corrected chi connectivity index (χ2v) is 29.0. The van der Waals surface area contributed by atoms with Crippen molar-refractivity contribution in [3.05, 3.63) is 197 Å². The quantitative estimate of drug-likeness (QED) is 0.117. The van der Waals surface area contributed by atoms with Crippen LogP contribution < -0.4 is 31.3 Å². The lowest BCUT2D eigenvalue weighted by atomic mass is 9.35. The van der Waals surface area contributed by atoms with Crippen LogP contribution >= 0.6 is 0 Å². The number of aryl methyl sites for hydroxylation is 1. The summed E-state index contributed by atoms with van der Waals surface area (Å²) in [5, 5.41) is 3.37. The molecule has 0 spiro atoms. The Hall–Kier alpha value is -7.44. The molecular weight excluding hydrogens is 998 g/mol. The predicted molar refractivity (Wildman–Crippen MR) is 350 cm³/mol. The highest BCUT2D eigenvalue weighted by Gasteiger charge is 2.51. The van der Waals surface area contributed by atoms with E-state index in [0.717, 1.165) is 117 Å². The van der Waals surface area contributed by atoms with Gasteiger partial charge in [0.05, 0.1) is 17.0 Å². The van der Waals surface area contributed by atoms with Gasteiger partial charge in [0.2, 0.25) is 0 Å². The molecule has 414 valence electrons. The maximum absolute atomic E-state index is 7.81. The van der Waals surface area contributed by atoms with Crippen LogP contribution in [0, 0.1) is 6.92 Å². The van der Waals surface area contributed by atoms with E-state index in [-0.39, 0.29) is 39.2 Å². The average Bonchev–Trinajstić information content (AvgIpc) is 1.30. The van der Waals surface area contributed by atoms with Gasteiger partial charge in [-0.3, -0.25) is 0 Å². The highest BCUT2D eigenvalue weighted by Crippen LogP contribution is 2.56. The summed E-state index contributed by atoms with van der Waals surface area (Å²) in [4.78, 5) is 7.66. The number of nitrogens with zero attached hydrogens (tertiary/aromatic N) is 3. The van der Waals surface area contributed by atoms with E-state index in [0.29, 0.717) is 0 Å². The van der Waals surface area contributed by atoms with Crippen molar-refractivity contribution in [1.29, 1.82) is 0 Å². The number of hydrogen-bond acceptors (Lipinski definition) is 5. The summed E-state index contributed by atoms with van der Waals surface area (Å²) in [5.41, 5.74) is 25.9. The molecule has 0 N–H and O–H groups in total. The van der Waals surface area contributed by atoms with Gasteiger partial charge in [-0.05, 0) is 214 Å². The third-order valence-electron chi connectivity index (χ3n) is 20.7. The molecule has 5 aliphatic rings. The number of rotatable bonds is 7. The van der Waals surface area contributed by atoms with Crippen LogP contribution in [-0.2, 0) is 32.5 Å². The molecule has 0 amide bonds. The second kappa shape index (κ2) is 17.8. The molecule has 7 aromatic carbocycles. The normalized spacial score (nSPS) is 19.4. The lowest BCUT2D eigenvalue weighted by Crippen LogP contribution is -2.61. The third kappa shape index (κ3) is 7.78. The molecule has 2 aliphatic heterocycles. The SMILES string of the molecule is C=C/C=C(\C=C/C)N(c1cc2c3c(c1)N(c1ccc(C)cc1)c1c(oc4cc5c(cc14)C(C)(C)CCC5(C)C)B3c1cc3c(cc1N2c1ccc2c(c1)C(C)(C)CCC2(C)C)C(C)(C)CCC3(C)C)c1ccc2c(c1)oc1ccccc12. The van der Waals surface area contributed by atoms with Crippen LogP contribution in [0.2, 0.25) is 0 Å². The summed E-state index contributed by atoms with van der Waals surface area (Å²) < 4.78 is 14.5. The lowest BCUT2D eigenvalue weighted by molar-refractivity contribution is 0.332. The summed E-state index contributed by atoms with van der Waals surface area (Å²) in [6.45, 7) is 37.8. The van der Waals surface area contributed by atoms with Crippen molar-refractivity contribution in [2.45, 2.75) is 168 Å². The van der Waals surface area contributed by atoms with Crippen LogP contribution in [0.1, 0.15) is 167 Å². The van der Waals surface area contributed by atoms with Gasteiger partial charge in [-0.25, -0.2) is 0 Å². The minimum Gasteiger partial charge on any atom is -0.468 e. The number of allylic oxidation sites excluding steroid dienone is 4. The first-order valence-corrected chi connectivity index (χ1v) is 30.4. The molecule has 0 atom stereocenters. The molecule has 9 aromatic rings. The first kappa shape index (κ1) is 52.6. The molecule has 0 bridgehead atoms. The summed E-state index contributed by atoms with van der Waals surface area (Å²) in [5.74, 6) is 0. The molecule has 82 heavy (non-hydrogen) atoms. The van der Waals surface area contributed by atoms with Gasteiger partial charge in [0.25, 0.3) is 6.71 Å². The Morgan fingerprint density at radius 1 is 0.500 bits per heavy atom. The van der Waals surface area contributed by atoms with Gasteiger partial charge in [-0.2, -0.15) is 0 Å². The Balaban J connectivity index is 1.16. The fourth-order valence-corrected chi connectivity index (χ4v) is 15.5. The van der Waals surface area contributed by atoms with E-state index in [1.54, 1.807) is 0 Å². The van der Waals surface area contributed by atoms with Gasteiger partial charge in [0, 0.05) is 62.0 Å². The number of hydrogen-bond donors (Lipinski definition) is 0. The fourth-order valence-electron chi connectivity index (χ4n) is 15.5. The van der Waals surface area contributed by atoms with Gasteiger partial charge in [0.1, 0.15) is 16.7 Å². The molecule has 0 unspecified atom stereocenters. The Morgan fingerprint density at radius 3 is 1.70 bits per heavy atom. The Morgan fingerprint density at radius 2 is 1.05 bits per heavy atom. The number of furan rings is 2. The lowest BCUT2D eigenvalue weighted by Gasteiger charge is -2.47. The molecule has 6 heteroatoms. The van der Waals surface area contributed by atoms with E-state index in [4.69, 9.17) is 8.83 Å². The average molecular weight is 1080 g/mol. The molecule has 0 saturated carbocycles. The Kier molecular flexibility index (Phi) is 11.4. The van der Waals surface area contributed by atoms with Gasteiger partial charge < -0.3 is 23.5 Å².